The molecule has 1 aliphatic rings. The Morgan fingerprint density at radius 3 is 3.07 bits per heavy atom. The van der Waals surface area contributed by atoms with Crippen LogP contribution in [0.25, 0.3) is 0 Å². The summed E-state index contributed by atoms with van der Waals surface area (Å²) in [6.07, 6.45) is 2.10. The molecule has 5 heteroatoms. The van der Waals surface area contributed by atoms with Gasteiger partial charge in [0.25, 0.3) is 0 Å². The lowest BCUT2D eigenvalue weighted by Gasteiger charge is -2.33. The summed E-state index contributed by atoms with van der Waals surface area (Å²) in [5, 5.41) is 11.3. The first-order valence-corrected chi connectivity index (χ1v) is 4.99. The van der Waals surface area contributed by atoms with Crippen molar-refractivity contribution >= 4 is 11.9 Å². The molecule has 1 atom stereocenters. The van der Waals surface area contributed by atoms with Gasteiger partial charge in [-0.3, -0.25) is 14.5 Å². The fourth-order valence-corrected chi connectivity index (χ4v) is 1.72. The van der Waals surface area contributed by atoms with Gasteiger partial charge in [0.15, 0.2) is 0 Å². The fourth-order valence-electron chi connectivity index (χ4n) is 1.72. The zero-order valence-electron chi connectivity index (χ0n) is 8.61. The van der Waals surface area contributed by atoms with Crippen molar-refractivity contribution in [3.05, 3.63) is 12.7 Å². The van der Waals surface area contributed by atoms with Crippen molar-refractivity contribution in [2.75, 3.05) is 19.6 Å². The first-order valence-electron chi connectivity index (χ1n) is 4.99. The largest absolute Gasteiger partial charge is 0.481 e. The quantitative estimate of drug-likeness (QED) is 0.621. The lowest BCUT2D eigenvalue weighted by atomic mass is 10.1. The third-order valence-electron chi connectivity index (χ3n) is 2.44. The summed E-state index contributed by atoms with van der Waals surface area (Å²) in [7, 11) is 0. The van der Waals surface area contributed by atoms with Crippen molar-refractivity contribution in [1.82, 2.24) is 10.2 Å². The first-order chi connectivity index (χ1) is 7.15. The van der Waals surface area contributed by atoms with Crippen molar-refractivity contribution in [1.29, 1.82) is 0 Å². The summed E-state index contributed by atoms with van der Waals surface area (Å²) in [6, 6.07) is -0.326. The maximum absolute atomic E-state index is 11.5. The van der Waals surface area contributed by atoms with Crippen LogP contribution in [0, 0.1) is 0 Å². The van der Waals surface area contributed by atoms with E-state index >= 15 is 0 Å². The smallest absolute Gasteiger partial charge is 0.303 e. The van der Waals surface area contributed by atoms with E-state index in [0.717, 1.165) is 6.54 Å². The standard InChI is InChI=1S/C10H16N2O3/c1-2-6-12-7-5-11-10(15)8(12)3-4-9(13)14/h2,8H,1,3-7H2,(H,11,15)(H,13,14). The molecule has 0 aromatic heterocycles. The van der Waals surface area contributed by atoms with E-state index < -0.39 is 5.97 Å². The molecule has 84 valence electrons. The molecule has 2 N–H and O–H groups in total. The Kier molecular flexibility index (Phi) is 4.30. The highest BCUT2D eigenvalue weighted by molar-refractivity contribution is 5.83. The number of hydrogen-bond acceptors (Lipinski definition) is 3. The van der Waals surface area contributed by atoms with Crippen LogP contribution in [-0.2, 0) is 9.59 Å². The molecule has 0 bridgehead atoms. The molecule has 1 fully saturated rings. The van der Waals surface area contributed by atoms with Gasteiger partial charge >= 0.3 is 5.97 Å². The van der Waals surface area contributed by atoms with Crippen LogP contribution < -0.4 is 5.32 Å². The van der Waals surface area contributed by atoms with Gasteiger partial charge in [0.05, 0.1) is 6.04 Å². The molecule has 1 rings (SSSR count). The predicted octanol–water partition coefficient (Wildman–Crippen LogP) is -0.162. The normalized spacial score (nSPS) is 22.1. The minimum atomic E-state index is -0.869. The van der Waals surface area contributed by atoms with Crippen LogP contribution in [0.15, 0.2) is 12.7 Å². The molecular formula is C10H16N2O3. The third-order valence-corrected chi connectivity index (χ3v) is 2.44. The van der Waals surface area contributed by atoms with Crippen LogP contribution in [0.1, 0.15) is 12.8 Å². The van der Waals surface area contributed by atoms with E-state index in [-0.39, 0.29) is 18.4 Å². The molecule has 1 unspecified atom stereocenters. The van der Waals surface area contributed by atoms with E-state index in [4.69, 9.17) is 5.11 Å². The molecule has 0 radical (unpaired) electrons. The maximum Gasteiger partial charge on any atom is 0.303 e. The van der Waals surface area contributed by atoms with E-state index in [1.165, 1.54) is 0 Å². The van der Waals surface area contributed by atoms with Gasteiger partial charge < -0.3 is 10.4 Å². The highest BCUT2D eigenvalue weighted by atomic mass is 16.4. The molecule has 0 aromatic carbocycles. The molecule has 0 saturated carbocycles. The number of carboxylic acid groups (broad SMARTS) is 1. The zero-order valence-corrected chi connectivity index (χ0v) is 8.61. The summed E-state index contributed by atoms with van der Waals surface area (Å²) in [4.78, 5) is 23.9. The molecule has 1 heterocycles. The van der Waals surface area contributed by atoms with Gasteiger partial charge in [-0.25, -0.2) is 0 Å². The molecule has 1 amide bonds. The minimum absolute atomic E-state index is 0.0196. The number of carbonyl (C=O) groups excluding carboxylic acids is 1. The van der Waals surface area contributed by atoms with Crippen LogP contribution in [0.4, 0.5) is 0 Å². The highest BCUT2D eigenvalue weighted by Gasteiger charge is 2.28. The number of amides is 1. The number of nitrogens with zero attached hydrogens (tertiary/aromatic N) is 1. The molecule has 1 saturated heterocycles. The predicted molar refractivity (Wildman–Crippen MR) is 55.4 cm³/mol. The average molecular weight is 212 g/mol. The van der Waals surface area contributed by atoms with Crippen LogP contribution in [0.3, 0.4) is 0 Å². The van der Waals surface area contributed by atoms with Crippen molar-refractivity contribution in [3.63, 3.8) is 0 Å². The second-order valence-electron chi connectivity index (χ2n) is 3.52. The van der Waals surface area contributed by atoms with E-state index in [1.54, 1.807) is 6.08 Å². The number of aliphatic carboxylic acids is 1. The summed E-state index contributed by atoms with van der Waals surface area (Å²) >= 11 is 0. The molecule has 1 aliphatic heterocycles. The van der Waals surface area contributed by atoms with Gasteiger partial charge in [-0.15, -0.1) is 6.58 Å². The van der Waals surface area contributed by atoms with Crippen molar-refractivity contribution in [2.45, 2.75) is 18.9 Å². The highest BCUT2D eigenvalue weighted by Crippen LogP contribution is 2.10. The maximum atomic E-state index is 11.5. The summed E-state index contributed by atoms with van der Waals surface area (Å²) < 4.78 is 0. The van der Waals surface area contributed by atoms with Crippen LogP contribution >= 0.6 is 0 Å². The van der Waals surface area contributed by atoms with Crippen LogP contribution in [0.2, 0.25) is 0 Å². The third kappa shape index (κ3) is 3.36. The van der Waals surface area contributed by atoms with Crippen LogP contribution in [-0.4, -0.2) is 47.6 Å². The van der Waals surface area contributed by atoms with Crippen LogP contribution in [0.5, 0.6) is 0 Å². The summed E-state index contributed by atoms with van der Waals surface area (Å²) in [5.74, 6) is -0.948. The monoisotopic (exact) mass is 212 g/mol. The Hall–Kier alpha value is -1.36. The number of rotatable bonds is 5. The van der Waals surface area contributed by atoms with Gasteiger partial charge in [0.1, 0.15) is 0 Å². The van der Waals surface area contributed by atoms with Gasteiger partial charge in [0.2, 0.25) is 5.91 Å². The van der Waals surface area contributed by atoms with Gasteiger partial charge in [-0.2, -0.15) is 0 Å². The second kappa shape index (κ2) is 5.50. The Labute approximate surface area is 88.8 Å². The lowest BCUT2D eigenvalue weighted by molar-refractivity contribution is -0.138. The Morgan fingerprint density at radius 2 is 2.47 bits per heavy atom. The van der Waals surface area contributed by atoms with Crippen molar-refractivity contribution in [2.24, 2.45) is 0 Å². The van der Waals surface area contributed by atoms with E-state index in [2.05, 4.69) is 11.9 Å². The Bertz CT molecular complexity index is 265. The molecular weight excluding hydrogens is 196 g/mol. The average Bonchev–Trinajstić information content (AvgIpc) is 2.17. The number of piperazine rings is 1. The van der Waals surface area contributed by atoms with Gasteiger partial charge in [-0.05, 0) is 6.42 Å². The molecule has 0 aliphatic carbocycles. The van der Waals surface area contributed by atoms with Gasteiger partial charge in [0, 0.05) is 26.1 Å². The Morgan fingerprint density at radius 1 is 1.73 bits per heavy atom. The molecule has 0 aromatic rings. The number of carbonyl (C=O) groups is 2. The lowest BCUT2D eigenvalue weighted by Crippen LogP contribution is -2.55. The van der Waals surface area contributed by atoms with E-state index in [0.29, 0.717) is 19.5 Å². The van der Waals surface area contributed by atoms with Crippen molar-refractivity contribution < 1.29 is 14.7 Å². The summed E-state index contributed by atoms with van der Waals surface area (Å²) in [6.45, 7) is 5.62. The number of hydrogen-bond donors (Lipinski definition) is 2. The summed E-state index contributed by atoms with van der Waals surface area (Å²) in [5.41, 5.74) is 0. The zero-order chi connectivity index (χ0) is 11.3. The number of nitrogens with one attached hydrogen (secondary N) is 1. The number of carboxylic acids is 1. The first kappa shape index (κ1) is 11.7. The second-order valence-corrected chi connectivity index (χ2v) is 3.52. The Balaban J connectivity index is 2.55. The topological polar surface area (TPSA) is 69.6 Å². The minimum Gasteiger partial charge on any atom is -0.481 e. The molecule has 0 spiro atoms. The molecule has 5 nitrogen and oxygen atoms in total. The fraction of sp³-hybridized carbons (Fsp3) is 0.600. The van der Waals surface area contributed by atoms with E-state index in [1.807, 2.05) is 4.90 Å². The van der Waals surface area contributed by atoms with Crippen molar-refractivity contribution in [3.8, 4) is 0 Å². The SMILES string of the molecule is C=CCN1CCNC(=O)C1CCC(=O)O. The molecule has 15 heavy (non-hydrogen) atoms. The van der Waals surface area contributed by atoms with Gasteiger partial charge in [-0.1, -0.05) is 6.08 Å². The van der Waals surface area contributed by atoms with E-state index in [9.17, 15) is 9.59 Å².